The molecule has 0 unspecified atom stereocenters. The number of rotatable bonds is 5. The first-order valence-corrected chi connectivity index (χ1v) is 8.46. The van der Waals surface area contributed by atoms with Gasteiger partial charge in [0.15, 0.2) is 0 Å². The highest BCUT2D eigenvalue weighted by Gasteiger charge is 2.18. The smallest absolute Gasteiger partial charge is 0.253 e. The molecule has 2 aromatic rings. The van der Waals surface area contributed by atoms with Crippen molar-refractivity contribution in [2.75, 3.05) is 31.6 Å². The Hall–Kier alpha value is -2.17. The summed E-state index contributed by atoms with van der Waals surface area (Å²) in [5.74, 6) is 1.02. The topological polar surface area (TPSA) is 49.3 Å². The van der Waals surface area contributed by atoms with E-state index < -0.39 is 0 Å². The molecule has 0 spiro atoms. The summed E-state index contributed by atoms with van der Waals surface area (Å²) in [6.07, 6.45) is 6.12. The fourth-order valence-corrected chi connectivity index (χ4v) is 3.07. The average Bonchev–Trinajstić information content (AvgIpc) is 3.12. The summed E-state index contributed by atoms with van der Waals surface area (Å²) in [7, 11) is 1.87. The zero-order valence-corrected chi connectivity index (χ0v) is 14.0. The van der Waals surface area contributed by atoms with E-state index in [0.717, 1.165) is 49.2 Å². The van der Waals surface area contributed by atoms with E-state index in [1.54, 1.807) is 11.2 Å². The molecule has 2 heterocycles. The quantitative estimate of drug-likeness (QED) is 0.851. The van der Waals surface area contributed by atoms with Crippen LogP contribution >= 0.6 is 0 Å². The SMILES string of the molecule is CCCCN(C)C(=O)c1ccc2ncnc(N3CCCC3)c2c1. The Morgan fingerprint density at radius 2 is 2.04 bits per heavy atom. The van der Waals surface area contributed by atoms with Gasteiger partial charge in [0.1, 0.15) is 12.1 Å². The first-order valence-electron chi connectivity index (χ1n) is 8.46. The van der Waals surface area contributed by atoms with Crippen molar-refractivity contribution in [3.63, 3.8) is 0 Å². The lowest BCUT2D eigenvalue weighted by molar-refractivity contribution is 0.0793. The second-order valence-corrected chi connectivity index (χ2v) is 6.20. The van der Waals surface area contributed by atoms with E-state index in [2.05, 4.69) is 21.8 Å². The van der Waals surface area contributed by atoms with Crippen molar-refractivity contribution in [2.45, 2.75) is 32.6 Å². The van der Waals surface area contributed by atoms with Gasteiger partial charge >= 0.3 is 0 Å². The molecule has 0 aliphatic carbocycles. The third kappa shape index (κ3) is 3.28. The molecule has 3 rings (SSSR count). The van der Waals surface area contributed by atoms with Crippen molar-refractivity contribution in [3.05, 3.63) is 30.1 Å². The van der Waals surface area contributed by atoms with Crippen LogP contribution in [0.15, 0.2) is 24.5 Å². The summed E-state index contributed by atoms with van der Waals surface area (Å²) in [5, 5.41) is 0.976. The van der Waals surface area contributed by atoms with Gasteiger partial charge in [-0.3, -0.25) is 4.79 Å². The number of unbranched alkanes of at least 4 members (excludes halogenated alkanes) is 1. The molecule has 122 valence electrons. The molecule has 1 aliphatic heterocycles. The number of amides is 1. The molecule has 5 heteroatoms. The van der Waals surface area contributed by atoms with Crippen LogP contribution < -0.4 is 4.90 Å². The summed E-state index contributed by atoms with van der Waals surface area (Å²) in [6, 6.07) is 5.75. The molecule has 0 atom stereocenters. The van der Waals surface area contributed by atoms with Gasteiger partial charge in [-0.15, -0.1) is 0 Å². The van der Waals surface area contributed by atoms with E-state index in [0.29, 0.717) is 5.56 Å². The number of benzene rings is 1. The molecule has 1 aromatic carbocycles. The summed E-state index contributed by atoms with van der Waals surface area (Å²) in [5.41, 5.74) is 1.61. The van der Waals surface area contributed by atoms with Crippen LogP contribution in [-0.2, 0) is 0 Å². The van der Waals surface area contributed by atoms with Gasteiger partial charge < -0.3 is 9.80 Å². The molecule has 0 N–H and O–H groups in total. The van der Waals surface area contributed by atoms with E-state index in [-0.39, 0.29) is 5.91 Å². The van der Waals surface area contributed by atoms with Crippen molar-refractivity contribution in [2.24, 2.45) is 0 Å². The van der Waals surface area contributed by atoms with Crippen molar-refractivity contribution in [1.29, 1.82) is 0 Å². The summed E-state index contributed by atoms with van der Waals surface area (Å²) in [4.78, 5) is 25.5. The van der Waals surface area contributed by atoms with Gasteiger partial charge in [0.2, 0.25) is 0 Å². The van der Waals surface area contributed by atoms with Crippen LogP contribution in [0.3, 0.4) is 0 Å². The minimum absolute atomic E-state index is 0.0663. The molecule has 23 heavy (non-hydrogen) atoms. The van der Waals surface area contributed by atoms with Crippen LogP contribution in [0.1, 0.15) is 43.0 Å². The standard InChI is InChI=1S/C18H24N4O/c1-3-4-9-21(2)18(23)14-7-8-16-15(12-14)17(20-13-19-16)22-10-5-6-11-22/h7-8,12-13H,3-6,9-11H2,1-2H3. The zero-order valence-electron chi connectivity index (χ0n) is 14.0. The van der Waals surface area contributed by atoms with Crippen LogP contribution in [0.25, 0.3) is 10.9 Å². The Balaban J connectivity index is 1.93. The number of carbonyl (C=O) groups excluding carboxylic acids is 1. The van der Waals surface area contributed by atoms with Gasteiger partial charge in [0.05, 0.1) is 5.52 Å². The van der Waals surface area contributed by atoms with Crippen LogP contribution in [0.4, 0.5) is 5.82 Å². The molecule has 1 saturated heterocycles. The minimum Gasteiger partial charge on any atom is -0.356 e. The van der Waals surface area contributed by atoms with E-state index in [1.165, 1.54) is 12.8 Å². The largest absolute Gasteiger partial charge is 0.356 e. The van der Waals surface area contributed by atoms with Gasteiger partial charge in [0.25, 0.3) is 5.91 Å². The summed E-state index contributed by atoms with van der Waals surface area (Å²) < 4.78 is 0. The minimum atomic E-state index is 0.0663. The highest BCUT2D eigenvalue weighted by Crippen LogP contribution is 2.27. The predicted octanol–water partition coefficient (Wildman–Crippen LogP) is 3.10. The Labute approximate surface area is 137 Å². The first-order chi connectivity index (χ1) is 11.2. The monoisotopic (exact) mass is 312 g/mol. The maximum atomic E-state index is 12.6. The van der Waals surface area contributed by atoms with Gasteiger partial charge in [-0.25, -0.2) is 9.97 Å². The first kappa shape index (κ1) is 15.7. The van der Waals surface area contributed by atoms with E-state index in [4.69, 9.17) is 0 Å². The van der Waals surface area contributed by atoms with Crippen LogP contribution in [-0.4, -0.2) is 47.5 Å². The Kier molecular flexibility index (Phi) is 4.74. The molecular weight excluding hydrogens is 288 g/mol. The average molecular weight is 312 g/mol. The van der Waals surface area contributed by atoms with Crippen molar-refractivity contribution in [3.8, 4) is 0 Å². The zero-order chi connectivity index (χ0) is 16.2. The molecule has 1 fully saturated rings. The van der Waals surface area contributed by atoms with Crippen LogP contribution in [0.2, 0.25) is 0 Å². The maximum Gasteiger partial charge on any atom is 0.253 e. The predicted molar refractivity (Wildman–Crippen MR) is 92.9 cm³/mol. The summed E-state index contributed by atoms with van der Waals surface area (Å²) >= 11 is 0. The van der Waals surface area contributed by atoms with Crippen molar-refractivity contribution < 1.29 is 4.79 Å². The van der Waals surface area contributed by atoms with Gasteiger partial charge in [0, 0.05) is 37.6 Å². The number of aromatic nitrogens is 2. The van der Waals surface area contributed by atoms with E-state index in [9.17, 15) is 4.79 Å². The molecule has 1 aliphatic rings. The van der Waals surface area contributed by atoms with Gasteiger partial charge in [-0.1, -0.05) is 13.3 Å². The van der Waals surface area contributed by atoms with Crippen LogP contribution in [0, 0.1) is 0 Å². The highest BCUT2D eigenvalue weighted by atomic mass is 16.2. The normalized spacial score (nSPS) is 14.4. The van der Waals surface area contributed by atoms with E-state index >= 15 is 0 Å². The molecule has 5 nitrogen and oxygen atoms in total. The number of nitrogens with zero attached hydrogens (tertiary/aromatic N) is 4. The van der Waals surface area contributed by atoms with E-state index in [1.807, 2.05) is 25.2 Å². The Morgan fingerprint density at radius 1 is 1.26 bits per heavy atom. The van der Waals surface area contributed by atoms with Gasteiger partial charge in [-0.2, -0.15) is 0 Å². The fourth-order valence-electron chi connectivity index (χ4n) is 3.07. The molecule has 0 radical (unpaired) electrons. The molecule has 1 amide bonds. The molecular formula is C18H24N4O. The molecule has 0 saturated carbocycles. The lowest BCUT2D eigenvalue weighted by Gasteiger charge is -2.19. The number of carbonyl (C=O) groups is 1. The lowest BCUT2D eigenvalue weighted by Crippen LogP contribution is -2.27. The van der Waals surface area contributed by atoms with Gasteiger partial charge in [-0.05, 0) is 37.5 Å². The Bertz CT molecular complexity index is 694. The van der Waals surface area contributed by atoms with Crippen molar-refractivity contribution >= 4 is 22.6 Å². The second kappa shape index (κ2) is 6.94. The molecule has 0 bridgehead atoms. The second-order valence-electron chi connectivity index (χ2n) is 6.20. The Morgan fingerprint density at radius 3 is 2.78 bits per heavy atom. The number of hydrogen-bond acceptors (Lipinski definition) is 4. The number of hydrogen-bond donors (Lipinski definition) is 0. The summed E-state index contributed by atoms with van der Waals surface area (Å²) in [6.45, 7) is 4.98. The third-order valence-corrected chi connectivity index (χ3v) is 4.46. The number of anilines is 1. The highest BCUT2D eigenvalue weighted by molar-refractivity contribution is 6.00. The number of fused-ring (bicyclic) bond motifs is 1. The maximum absolute atomic E-state index is 12.6. The van der Waals surface area contributed by atoms with Crippen LogP contribution in [0.5, 0.6) is 0 Å². The third-order valence-electron chi connectivity index (χ3n) is 4.46. The van der Waals surface area contributed by atoms with Crippen molar-refractivity contribution in [1.82, 2.24) is 14.9 Å². The molecule has 1 aromatic heterocycles. The fraction of sp³-hybridized carbons (Fsp3) is 0.500. The lowest BCUT2D eigenvalue weighted by atomic mass is 10.1.